The van der Waals surface area contributed by atoms with Gasteiger partial charge in [0.15, 0.2) is 0 Å². The fraction of sp³-hybridized carbons (Fsp3) is 0.294. The van der Waals surface area contributed by atoms with Gasteiger partial charge in [-0.05, 0) is 43.9 Å². The molecule has 0 aliphatic heterocycles. The third kappa shape index (κ3) is 4.41. The summed E-state index contributed by atoms with van der Waals surface area (Å²) in [5, 5.41) is 0. The number of benzene rings is 2. The van der Waals surface area contributed by atoms with Crippen LogP contribution in [0.15, 0.2) is 53.4 Å². The molecule has 0 spiro atoms. The van der Waals surface area contributed by atoms with Gasteiger partial charge in [0.25, 0.3) is 0 Å². The summed E-state index contributed by atoms with van der Waals surface area (Å²) in [5.41, 5.74) is 3.07. The Bertz CT molecular complexity index is 694. The van der Waals surface area contributed by atoms with Crippen molar-refractivity contribution in [1.82, 2.24) is 4.72 Å². The predicted molar refractivity (Wildman–Crippen MR) is 85.9 cm³/mol. The normalized spacial score (nSPS) is 11.5. The zero-order chi connectivity index (χ0) is 15.3. The molecule has 2 rings (SSSR count). The third-order valence-electron chi connectivity index (χ3n) is 3.40. The van der Waals surface area contributed by atoms with Crippen molar-refractivity contribution in [2.45, 2.75) is 31.6 Å². The van der Waals surface area contributed by atoms with Gasteiger partial charge in [0.1, 0.15) is 0 Å². The lowest BCUT2D eigenvalue weighted by Gasteiger charge is -2.10. The number of hydrogen-bond acceptors (Lipinski definition) is 2. The molecule has 0 saturated carbocycles. The second-order valence-electron chi connectivity index (χ2n) is 5.26. The predicted octanol–water partition coefficient (Wildman–Crippen LogP) is 3.21. The lowest BCUT2D eigenvalue weighted by atomic mass is 10.1. The minimum Gasteiger partial charge on any atom is -0.211 e. The van der Waals surface area contributed by atoms with E-state index in [4.69, 9.17) is 0 Å². The molecule has 21 heavy (non-hydrogen) atoms. The van der Waals surface area contributed by atoms with Crippen molar-refractivity contribution in [1.29, 1.82) is 0 Å². The molecule has 0 aliphatic rings. The lowest BCUT2D eigenvalue weighted by molar-refractivity contribution is 0.578. The smallest absolute Gasteiger partial charge is 0.211 e. The maximum absolute atomic E-state index is 12.3. The minimum absolute atomic E-state index is 0.368. The second kappa shape index (κ2) is 6.87. The number of sulfonamides is 1. The molecule has 0 amide bonds. The summed E-state index contributed by atoms with van der Waals surface area (Å²) in [6.45, 7) is 4.23. The zero-order valence-corrected chi connectivity index (χ0v) is 13.3. The van der Waals surface area contributed by atoms with E-state index < -0.39 is 10.0 Å². The van der Waals surface area contributed by atoms with Crippen LogP contribution >= 0.6 is 0 Å². The maximum Gasteiger partial charge on any atom is 0.240 e. The average Bonchev–Trinajstić information content (AvgIpc) is 2.44. The summed E-state index contributed by atoms with van der Waals surface area (Å²) in [6.07, 6.45) is 1.66. The van der Waals surface area contributed by atoms with E-state index in [2.05, 4.69) is 16.9 Å². The van der Waals surface area contributed by atoms with Crippen LogP contribution in [-0.4, -0.2) is 15.0 Å². The first-order valence-electron chi connectivity index (χ1n) is 7.10. The summed E-state index contributed by atoms with van der Waals surface area (Å²) in [7, 11) is -3.41. The van der Waals surface area contributed by atoms with Crippen LogP contribution in [0.1, 0.15) is 23.1 Å². The van der Waals surface area contributed by atoms with E-state index in [9.17, 15) is 8.42 Å². The fourth-order valence-electron chi connectivity index (χ4n) is 2.32. The first kappa shape index (κ1) is 15.7. The fourth-order valence-corrected chi connectivity index (χ4v) is 3.62. The van der Waals surface area contributed by atoms with Crippen LogP contribution in [0.3, 0.4) is 0 Å². The highest BCUT2D eigenvalue weighted by Gasteiger charge is 2.15. The Morgan fingerprint density at radius 3 is 2.38 bits per heavy atom. The van der Waals surface area contributed by atoms with Crippen molar-refractivity contribution in [3.8, 4) is 0 Å². The van der Waals surface area contributed by atoms with Gasteiger partial charge >= 0.3 is 0 Å². The molecule has 0 bridgehead atoms. The van der Waals surface area contributed by atoms with Crippen LogP contribution in [0.5, 0.6) is 0 Å². The molecule has 0 radical (unpaired) electrons. The lowest BCUT2D eigenvalue weighted by Crippen LogP contribution is -2.25. The molecule has 0 unspecified atom stereocenters. The molecule has 0 heterocycles. The second-order valence-corrected chi connectivity index (χ2v) is 6.99. The van der Waals surface area contributed by atoms with E-state index in [-0.39, 0.29) is 0 Å². The SMILES string of the molecule is Cc1ccc(S(=O)(=O)NCCCc2ccccc2)c(C)c1. The van der Waals surface area contributed by atoms with Gasteiger partial charge in [-0.3, -0.25) is 0 Å². The monoisotopic (exact) mass is 303 g/mol. The van der Waals surface area contributed by atoms with Crippen LogP contribution in [0.25, 0.3) is 0 Å². The van der Waals surface area contributed by atoms with Crippen molar-refractivity contribution in [2.24, 2.45) is 0 Å². The van der Waals surface area contributed by atoms with Gasteiger partial charge in [-0.25, -0.2) is 13.1 Å². The molecule has 3 nitrogen and oxygen atoms in total. The third-order valence-corrected chi connectivity index (χ3v) is 5.02. The van der Waals surface area contributed by atoms with E-state index in [0.29, 0.717) is 11.4 Å². The standard InChI is InChI=1S/C17H21NO2S/c1-14-10-11-17(15(2)13-14)21(19,20)18-12-6-9-16-7-4-3-5-8-16/h3-5,7-8,10-11,13,18H,6,9,12H2,1-2H3. The molecular weight excluding hydrogens is 282 g/mol. The van der Waals surface area contributed by atoms with Gasteiger partial charge in [-0.1, -0.05) is 48.0 Å². The summed E-state index contributed by atoms with van der Waals surface area (Å²) in [6, 6.07) is 15.5. The van der Waals surface area contributed by atoms with E-state index in [1.807, 2.05) is 44.2 Å². The topological polar surface area (TPSA) is 46.2 Å². The Kier molecular flexibility index (Phi) is 5.15. The summed E-state index contributed by atoms with van der Waals surface area (Å²) < 4.78 is 27.2. The van der Waals surface area contributed by atoms with Crippen molar-refractivity contribution < 1.29 is 8.42 Å². The maximum atomic E-state index is 12.3. The molecule has 4 heteroatoms. The highest BCUT2D eigenvalue weighted by Crippen LogP contribution is 2.16. The van der Waals surface area contributed by atoms with Crippen molar-refractivity contribution in [3.05, 3.63) is 65.2 Å². The minimum atomic E-state index is -3.41. The van der Waals surface area contributed by atoms with Gasteiger partial charge in [-0.15, -0.1) is 0 Å². The van der Waals surface area contributed by atoms with Gasteiger partial charge in [-0.2, -0.15) is 0 Å². The largest absolute Gasteiger partial charge is 0.240 e. The first-order chi connectivity index (χ1) is 9.99. The Morgan fingerprint density at radius 2 is 1.71 bits per heavy atom. The van der Waals surface area contributed by atoms with E-state index >= 15 is 0 Å². The molecule has 0 saturated heterocycles. The van der Waals surface area contributed by atoms with Gasteiger partial charge in [0.05, 0.1) is 4.90 Å². The Balaban J connectivity index is 1.92. The van der Waals surface area contributed by atoms with Gasteiger partial charge in [0.2, 0.25) is 10.0 Å². The van der Waals surface area contributed by atoms with Crippen LogP contribution in [0.2, 0.25) is 0 Å². The molecule has 0 aromatic heterocycles. The molecule has 112 valence electrons. The van der Waals surface area contributed by atoms with E-state index in [1.54, 1.807) is 6.07 Å². The van der Waals surface area contributed by atoms with E-state index in [0.717, 1.165) is 24.0 Å². The van der Waals surface area contributed by atoms with Crippen molar-refractivity contribution in [2.75, 3.05) is 6.54 Å². The zero-order valence-electron chi connectivity index (χ0n) is 12.5. The van der Waals surface area contributed by atoms with Crippen LogP contribution in [-0.2, 0) is 16.4 Å². The number of nitrogens with one attached hydrogen (secondary N) is 1. The van der Waals surface area contributed by atoms with E-state index in [1.165, 1.54) is 5.56 Å². The van der Waals surface area contributed by atoms with Crippen LogP contribution in [0, 0.1) is 13.8 Å². The molecular formula is C17H21NO2S. The quantitative estimate of drug-likeness (QED) is 0.833. The Morgan fingerprint density at radius 1 is 1.00 bits per heavy atom. The summed E-state index contributed by atoms with van der Waals surface area (Å²) in [4.78, 5) is 0.368. The van der Waals surface area contributed by atoms with Crippen LogP contribution < -0.4 is 4.72 Å². The molecule has 0 atom stereocenters. The highest BCUT2D eigenvalue weighted by atomic mass is 32.2. The molecule has 0 fully saturated rings. The van der Waals surface area contributed by atoms with Gasteiger partial charge < -0.3 is 0 Å². The first-order valence-corrected chi connectivity index (χ1v) is 8.58. The average molecular weight is 303 g/mol. The number of hydrogen-bond donors (Lipinski definition) is 1. The summed E-state index contributed by atoms with van der Waals surface area (Å²) >= 11 is 0. The number of aryl methyl sites for hydroxylation is 3. The highest BCUT2D eigenvalue weighted by molar-refractivity contribution is 7.89. The Labute approximate surface area is 127 Å². The van der Waals surface area contributed by atoms with Gasteiger partial charge in [0, 0.05) is 6.54 Å². The summed E-state index contributed by atoms with van der Waals surface area (Å²) in [5.74, 6) is 0. The van der Waals surface area contributed by atoms with Crippen molar-refractivity contribution >= 4 is 10.0 Å². The molecule has 2 aromatic carbocycles. The van der Waals surface area contributed by atoms with Crippen molar-refractivity contribution in [3.63, 3.8) is 0 Å². The van der Waals surface area contributed by atoms with Crippen LogP contribution in [0.4, 0.5) is 0 Å². The Hall–Kier alpha value is -1.65. The molecule has 2 aromatic rings. The molecule has 0 aliphatic carbocycles. The molecule has 1 N–H and O–H groups in total. The number of rotatable bonds is 6.